The zero-order chi connectivity index (χ0) is 20.2. The van der Waals surface area contributed by atoms with E-state index in [-0.39, 0.29) is 30.2 Å². The predicted molar refractivity (Wildman–Crippen MR) is 113 cm³/mol. The first kappa shape index (κ1) is 19.3. The van der Waals surface area contributed by atoms with Gasteiger partial charge in [0.1, 0.15) is 5.75 Å². The van der Waals surface area contributed by atoms with Gasteiger partial charge in [-0.15, -0.1) is 11.3 Å². The van der Waals surface area contributed by atoms with Crippen molar-refractivity contribution in [1.82, 2.24) is 4.98 Å². The number of ether oxygens (including phenoxy) is 2. The Balaban J connectivity index is 1.48. The quantitative estimate of drug-likeness (QED) is 0.334. The van der Waals surface area contributed by atoms with Gasteiger partial charge in [0, 0.05) is 5.92 Å². The van der Waals surface area contributed by atoms with Crippen LogP contribution in [0, 0.1) is 5.92 Å². The SMILES string of the molecule is COc1ccccc1C(=O)COC(=O)[C@H]1CC=CC[C@H]1c1nc2ccccc2s1. The van der Waals surface area contributed by atoms with Gasteiger partial charge in [-0.1, -0.05) is 36.4 Å². The van der Waals surface area contributed by atoms with Gasteiger partial charge in [0.05, 0.1) is 33.8 Å². The molecule has 2 aromatic carbocycles. The number of Topliss-reactive ketones (excluding diaryl/α,β-unsaturated/α-hetero) is 1. The van der Waals surface area contributed by atoms with Crippen LogP contribution in [-0.4, -0.2) is 30.5 Å². The standard InChI is InChI=1S/C23H21NO4S/c1-27-20-12-6-4-10-17(20)19(25)14-28-23(26)16-9-3-2-8-15(16)22-24-18-11-5-7-13-21(18)29-22/h2-7,10-13,15-16H,8-9,14H2,1H3/t15-,16+/m1/s1. The van der Waals surface area contributed by atoms with Gasteiger partial charge in [-0.25, -0.2) is 4.98 Å². The molecule has 1 aliphatic carbocycles. The van der Waals surface area contributed by atoms with Gasteiger partial charge in [0.15, 0.2) is 6.61 Å². The molecule has 29 heavy (non-hydrogen) atoms. The van der Waals surface area contributed by atoms with E-state index in [4.69, 9.17) is 14.5 Å². The van der Waals surface area contributed by atoms with Crippen LogP contribution in [0.4, 0.5) is 0 Å². The minimum absolute atomic E-state index is 0.0359. The Morgan fingerprint density at radius 2 is 1.83 bits per heavy atom. The lowest BCUT2D eigenvalue weighted by Crippen LogP contribution is -2.27. The highest BCUT2D eigenvalue weighted by molar-refractivity contribution is 7.18. The first-order valence-electron chi connectivity index (χ1n) is 9.50. The fraction of sp³-hybridized carbons (Fsp3) is 0.261. The Labute approximate surface area is 173 Å². The van der Waals surface area contributed by atoms with Crippen molar-refractivity contribution in [1.29, 1.82) is 0 Å². The summed E-state index contributed by atoms with van der Waals surface area (Å²) in [4.78, 5) is 30.1. The molecule has 0 unspecified atom stereocenters. The second-order valence-corrected chi connectivity index (χ2v) is 7.97. The van der Waals surface area contributed by atoms with Crippen LogP contribution in [-0.2, 0) is 9.53 Å². The largest absolute Gasteiger partial charge is 0.496 e. The molecule has 0 saturated carbocycles. The van der Waals surface area contributed by atoms with Crippen molar-refractivity contribution in [2.45, 2.75) is 18.8 Å². The molecule has 6 heteroatoms. The lowest BCUT2D eigenvalue weighted by molar-refractivity contribution is -0.148. The molecular weight excluding hydrogens is 386 g/mol. The van der Waals surface area contributed by atoms with Crippen LogP contribution in [0.15, 0.2) is 60.7 Å². The first-order chi connectivity index (χ1) is 14.2. The zero-order valence-corrected chi connectivity index (χ0v) is 16.9. The van der Waals surface area contributed by atoms with Crippen LogP contribution in [0.25, 0.3) is 10.2 Å². The molecule has 4 rings (SSSR count). The van der Waals surface area contributed by atoms with E-state index < -0.39 is 0 Å². The van der Waals surface area contributed by atoms with Gasteiger partial charge in [-0.05, 0) is 37.1 Å². The van der Waals surface area contributed by atoms with Crippen LogP contribution in [0.1, 0.15) is 34.1 Å². The Morgan fingerprint density at radius 3 is 2.66 bits per heavy atom. The zero-order valence-electron chi connectivity index (χ0n) is 16.0. The number of methoxy groups -OCH3 is 1. The second-order valence-electron chi connectivity index (χ2n) is 6.91. The lowest BCUT2D eigenvalue weighted by Gasteiger charge is -2.25. The lowest BCUT2D eigenvalue weighted by atomic mass is 9.83. The van der Waals surface area contributed by atoms with E-state index in [1.165, 1.54) is 7.11 Å². The van der Waals surface area contributed by atoms with E-state index in [9.17, 15) is 9.59 Å². The maximum Gasteiger partial charge on any atom is 0.310 e. The third-order valence-electron chi connectivity index (χ3n) is 5.12. The fourth-order valence-electron chi connectivity index (χ4n) is 3.59. The maximum atomic E-state index is 12.8. The molecule has 1 aromatic heterocycles. The molecule has 3 aromatic rings. The van der Waals surface area contributed by atoms with Gasteiger partial charge < -0.3 is 9.47 Å². The number of esters is 1. The Bertz CT molecular complexity index is 1040. The highest BCUT2D eigenvalue weighted by atomic mass is 32.1. The van der Waals surface area contributed by atoms with E-state index in [0.29, 0.717) is 17.7 Å². The van der Waals surface area contributed by atoms with Crippen molar-refractivity contribution >= 4 is 33.3 Å². The summed E-state index contributed by atoms with van der Waals surface area (Å²) < 4.78 is 11.7. The molecule has 0 fully saturated rings. The number of aromatic nitrogens is 1. The van der Waals surface area contributed by atoms with E-state index in [0.717, 1.165) is 21.6 Å². The molecular formula is C23H21NO4S. The van der Waals surface area contributed by atoms with Crippen LogP contribution < -0.4 is 4.74 Å². The molecule has 2 atom stereocenters. The van der Waals surface area contributed by atoms with Gasteiger partial charge in [0.2, 0.25) is 5.78 Å². The molecule has 0 spiro atoms. The average Bonchev–Trinajstić information content (AvgIpc) is 3.21. The molecule has 0 amide bonds. The topological polar surface area (TPSA) is 65.5 Å². The fourth-order valence-corrected chi connectivity index (χ4v) is 4.74. The molecule has 1 heterocycles. The number of hydrogen-bond acceptors (Lipinski definition) is 6. The number of thiazole rings is 1. The molecule has 1 aliphatic rings. The van der Waals surface area contributed by atoms with E-state index in [2.05, 4.69) is 6.08 Å². The number of rotatable bonds is 6. The van der Waals surface area contributed by atoms with Crippen molar-refractivity contribution in [2.24, 2.45) is 5.92 Å². The van der Waals surface area contributed by atoms with Gasteiger partial charge in [0.25, 0.3) is 0 Å². The highest BCUT2D eigenvalue weighted by Crippen LogP contribution is 2.39. The number of fused-ring (bicyclic) bond motifs is 1. The minimum Gasteiger partial charge on any atom is -0.496 e. The third-order valence-corrected chi connectivity index (χ3v) is 6.28. The van der Waals surface area contributed by atoms with Crippen LogP contribution >= 0.6 is 11.3 Å². The van der Waals surface area contributed by atoms with Gasteiger partial charge in [-0.3, -0.25) is 9.59 Å². The summed E-state index contributed by atoms with van der Waals surface area (Å²) in [5.41, 5.74) is 1.36. The average molecular weight is 407 g/mol. The summed E-state index contributed by atoms with van der Waals surface area (Å²) >= 11 is 1.61. The monoisotopic (exact) mass is 407 g/mol. The number of para-hydroxylation sites is 2. The summed E-state index contributed by atoms with van der Waals surface area (Å²) in [5, 5.41) is 0.938. The maximum absolute atomic E-state index is 12.8. The molecule has 148 valence electrons. The molecule has 0 N–H and O–H groups in total. The number of nitrogens with zero attached hydrogens (tertiary/aromatic N) is 1. The van der Waals surface area contributed by atoms with E-state index in [1.54, 1.807) is 35.6 Å². The second kappa shape index (κ2) is 8.57. The molecule has 5 nitrogen and oxygen atoms in total. The number of hydrogen-bond donors (Lipinski definition) is 0. The molecule has 0 saturated heterocycles. The number of carbonyl (C=O) groups excluding carboxylic acids is 2. The first-order valence-corrected chi connectivity index (χ1v) is 10.3. The summed E-state index contributed by atoms with van der Waals surface area (Å²) in [6.07, 6.45) is 5.40. The van der Waals surface area contributed by atoms with E-state index in [1.807, 2.05) is 30.3 Å². The smallest absolute Gasteiger partial charge is 0.310 e. The summed E-state index contributed by atoms with van der Waals surface area (Å²) in [5.74, 6) is -0.542. The number of allylic oxidation sites excluding steroid dienone is 2. The normalized spacial score (nSPS) is 18.5. The minimum atomic E-state index is -0.359. The highest BCUT2D eigenvalue weighted by Gasteiger charge is 2.34. The summed E-state index contributed by atoms with van der Waals surface area (Å²) in [6.45, 7) is -0.300. The molecule has 0 bridgehead atoms. The van der Waals surface area contributed by atoms with Gasteiger partial charge >= 0.3 is 5.97 Å². The number of carbonyl (C=O) groups is 2. The number of benzene rings is 2. The van der Waals surface area contributed by atoms with Crippen molar-refractivity contribution in [3.8, 4) is 5.75 Å². The predicted octanol–water partition coefficient (Wildman–Crippen LogP) is 4.78. The van der Waals surface area contributed by atoms with Crippen LogP contribution in [0.3, 0.4) is 0 Å². The van der Waals surface area contributed by atoms with Crippen LogP contribution in [0.5, 0.6) is 5.75 Å². The van der Waals surface area contributed by atoms with Crippen molar-refractivity contribution in [3.63, 3.8) is 0 Å². The number of ketones is 1. The van der Waals surface area contributed by atoms with Crippen molar-refractivity contribution < 1.29 is 19.1 Å². The van der Waals surface area contributed by atoms with E-state index >= 15 is 0 Å². The van der Waals surface area contributed by atoms with Gasteiger partial charge in [-0.2, -0.15) is 0 Å². The Hall–Kier alpha value is -2.99. The summed E-state index contributed by atoms with van der Waals surface area (Å²) in [6, 6.07) is 14.9. The van der Waals surface area contributed by atoms with Crippen molar-refractivity contribution in [3.05, 3.63) is 71.3 Å². The molecule has 0 aliphatic heterocycles. The summed E-state index contributed by atoms with van der Waals surface area (Å²) in [7, 11) is 1.51. The van der Waals surface area contributed by atoms with Crippen molar-refractivity contribution in [2.75, 3.05) is 13.7 Å². The Morgan fingerprint density at radius 1 is 1.07 bits per heavy atom. The van der Waals surface area contributed by atoms with Crippen LogP contribution in [0.2, 0.25) is 0 Å². The Kier molecular flexibility index (Phi) is 5.71. The molecule has 0 radical (unpaired) electrons. The third kappa shape index (κ3) is 4.07.